The summed E-state index contributed by atoms with van der Waals surface area (Å²) >= 11 is 0. The van der Waals surface area contributed by atoms with Crippen LogP contribution in [0.3, 0.4) is 0 Å². The standard InChI is InChI=1S/C28H29N3O4/c1-20-14-16-24(17-15-20)29-26(32)25(21-9-4-2-5-10-21)35-27(33)22-11-8-18-31(19-22)28(34)30-23-12-6-3-7-13-23/h2-7,9-10,12-17,22,25H,8,11,18-19H2,1H3,(H,29,32)(H,30,34). The van der Waals surface area contributed by atoms with E-state index in [0.717, 1.165) is 5.56 Å². The first-order chi connectivity index (χ1) is 17.0. The molecule has 7 heteroatoms. The van der Waals surface area contributed by atoms with Gasteiger partial charge < -0.3 is 20.3 Å². The van der Waals surface area contributed by atoms with Crippen LogP contribution in [0, 0.1) is 12.8 Å². The van der Waals surface area contributed by atoms with Crippen molar-refractivity contribution in [2.24, 2.45) is 5.92 Å². The van der Waals surface area contributed by atoms with Gasteiger partial charge in [-0.2, -0.15) is 0 Å². The SMILES string of the molecule is Cc1ccc(NC(=O)C(OC(=O)C2CCCN(C(=O)Nc3ccccc3)C2)c2ccccc2)cc1. The smallest absolute Gasteiger partial charge is 0.321 e. The van der Waals surface area contributed by atoms with Crippen LogP contribution in [0.4, 0.5) is 16.2 Å². The summed E-state index contributed by atoms with van der Waals surface area (Å²) in [5.41, 5.74) is 2.98. The van der Waals surface area contributed by atoms with Gasteiger partial charge >= 0.3 is 12.0 Å². The number of aryl methyl sites for hydroxylation is 1. The summed E-state index contributed by atoms with van der Waals surface area (Å²) in [5, 5.41) is 5.70. The van der Waals surface area contributed by atoms with Gasteiger partial charge in [-0.25, -0.2) is 4.79 Å². The lowest BCUT2D eigenvalue weighted by Crippen LogP contribution is -2.45. The van der Waals surface area contributed by atoms with Gasteiger partial charge in [0.2, 0.25) is 6.10 Å². The molecule has 2 atom stereocenters. The number of piperidine rings is 1. The molecule has 1 heterocycles. The molecule has 1 aliphatic rings. The predicted octanol–water partition coefficient (Wildman–Crippen LogP) is 5.16. The van der Waals surface area contributed by atoms with Gasteiger partial charge in [-0.05, 0) is 44.0 Å². The minimum Gasteiger partial charge on any atom is -0.447 e. The fraction of sp³-hybridized carbons (Fsp3) is 0.250. The minimum atomic E-state index is -1.10. The van der Waals surface area contributed by atoms with Crippen LogP contribution >= 0.6 is 0 Å². The van der Waals surface area contributed by atoms with Gasteiger partial charge in [0.25, 0.3) is 5.91 Å². The van der Waals surface area contributed by atoms with Crippen LogP contribution in [0.1, 0.15) is 30.1 Å². The maximum absolute atomic E-state index is 13.1. The maximum atomic E-state index is 13.1. The molecule has 1 saturated heterocycles. The van der Waals surface area contributed by atoms with Gasteiger partial charge in [-0.1, -0.05) is 66.2 Å². The molecule has 0 radical (unpaired) electrons. The Morgan fingerprint density at radius 2 is 1.49 bits per heavy atom. The maximum Gasteiger partial charge on any atom is 0.321 e. The van der Waals surface area contributed by atoms with Crippen molar-refractivity contribution in [2.45, 2.75) is 25.9 Å². The van der Waals surface area contributed by atoms with Crippen LogP contribution in [-0.2, 0) is 14.3 Å². The number of nitrogens with zero attached hydrogens (tertiary/aromatic N) is 1. The van der Waals surface area contributed by atoms with Crippen LogP contribution in [0.15, 0.2) is 84.9 Å². The fourth-order valence-electron chi connectivity index (χ4n) is 4.04. The lowest BCUT2D eigenvalue weighted by atomic mass is 9.98. The highest BCUT2D eigenvalue weighted by molar-refractivity contribution is 5.96. The summed E-state index contributed by atoms with van der Waals surface area (Å²) in [5.74, 6) is -1.43. The average molecular weight is 472 g/mol. The zero-order chi connectivity index (χ0) is 24.6. The van der Waals surface area contributed by atoms with Crippen LogP contribution in [0.5, 0.6) is 0 Å². The molecular formula is C28H29N3O4. The third-order valence-corrected chi connectivity index (χ3v) is 5.96. The van der Waals surface area contributed by atoms with Gasteiger partial charge in [0.15, 0.2) is 0 Å². The number of nitrogens with one attached hydrogen (secondary N) is 2. The number of carbonyl (C=O) groups is 3. The van der Waals surface area contributed by atoms with E-state index < -0.39 is 23.9 Å². The Morgan fingerprint density at radius 3 is 2.17 bits per heavy atom. The van der Waals surface area contributed by atoms with E-state index in [0.29, 0.717) is 36.3 Å². The van der Waals surface area contributed by atoms with E-state index in [1.807, 2.05) is 67.6 Å². The number of ether oxygens (including phenoxy) is 1. The normalized spacial score (nSPS) is 16.1. The molecule has 4 rings (SSSR count). The number of benzene rings is 3. The quantitative estimate of drug-likeness (QED) is 0.486. The predicted molar refractivity (Wildman–Crippen MR) is 135 cm³/mol. The number of likely N-dealkylation sites (tertiary alicyclic amines) is 1. The minimum absolute atomic E-state index is 0.235. The van der Waals surface area contributed by atoms with Crippen molar-refractivity contribution in [3.63, 3.8) is 0 Å². The van der Waals surface area contributed by atoms with Gasteiger partial charge in [-0.15, -0.1) is 0 Å². The molecule has 180 valence electrons. The molecule has 35 heavy (non-hydrogen) atoms. The molecule has 3 amide bonds. The summed E-state index contributed by atoms with van der Waals surface area (Å²) < 4.78 is 5.77. The van der Waals surface area contributed by atoms with Gasteiger partial charge in [0, 0.05) is 30.0 Å². The second kappa shape index (κ2) is 11.3. The van der Waals surface area contributed by atoms with E-state index in [2.05, 4.69) is 10.6 Å². The topological polar surface area (TPSA) is 87.7 Å². The van der Waals surface area contributed by atoms with E-state index in [1.165, 1.54) is 0 Å². The van der Waals surface area contributed by atoms with Crippen LogP contribution < -0.4 is 10.6 Å². The van der Waals surface area contributed by atoms with Crippen molar-refractivity contribution in [2.75, 3.05) is 23.7 Å². The average Bonchev–Trinajstić information content (AvgIpc) is 2.89. The van der Waals surface area contributed by atoms with Gasteiger partial charge in [0.05, 0.1) is 5.92 Å². The first-order valence-corrected chi connectivity index (χ1v) is 11.7. The molecule has 2 N–H and O–H groups in total. The number of hydrogen-bond donors (Lipinski definition) is 2. The van der Waals surface area contributed by atoms with E-state index in [4.69, 9.17) is 4.74 Å². The molecule has 0 aliphatic carbocycles. The van der Waals surface area contributed by atoms with Crippen molar-refractivity contribution in [1.82, 2.24) is 4.90 Å². The molecule has 0 saturated carbocycles. The van der Waals surface area contributed by atoms with Crippen molar-refractivity contribution in [3.05, 3.63) is 96.1 Å². The largest absolute Gasteiger partial charge is 0.447 e. The number of hydrogen-bond acceptors (Lipinski definition) is 4. The van der Waals surface area contributed by atoms with Gasteiger partial charge in [0.1, 0.15) is 0 Å². The Bertz CT molecular complexity index is 1150. The zero-order valence-electron chi connectivity index (χ0n) is 19.6. The summed E-state index contributed by atoms with van der Waals surface area (Å²) in [7, 11) is 0. The van der Waals surface area contributed by atoms with Crippen LogP contribution in [-0.4, -0.2) is 35.9 Å². The highest BCUT2D eigenvalue weighted by Gasteiger charge is 2.33. The summed E-state index contributed by atoms with van der Waals surface area (Å²) in [6.07, 6.45) is 0.168. The molecule has 0 spiro atoms. The molecule has 0 bridgehead atoms. The highest BCUT2D eigenvalue weighted by atomic mass is 16.5. The second-order valence-corrected chi connectivity index (χ2v) is 8.66. The van der Waals surface area contributed by atoms with E-state index in [9.17, 15) is 14.4 Å². The lowest BCUT2D eigenvalue weighted by molar-refractivity contribution is -0.160. The molecule has 7 nitrogen and oxygen atoms in total. The molecule has 3 aromatic carbocycles. The Hall–Kier alpha value is -4.13. The van der Waals surface area contributed by atoms with E-state index in [1.54, 1.807) is 29.2 Å². The first kappa shape index (κ1) is 24.0. The Kier molecular flexibility index (Phi) is 7.77. The Morgan fingerprint density at radius 1 is 0.857 bits per heavy atom. The van der Waals surface area contributed by atoms with Crippen molar-refractivity contribution in [3.8, 4) is 0 Å². The number of urea groups is 1. The number of amides is 3. The fourth-order valence-corrected chi connectivity index (χ4v) is 4.04. The molecule has 2 unspecified atom stereocenters. The third kappa shape index (κ3) is 6.47. The summed E-state index contributed by atoms with van der Waals surface area (Å²) in [6, 6.07) is 25.3. The van der Waals surface area contributed by atoms with E-state index in [-0.39, 0.29) is 12.6 Å². The number of carbonyl (C=O) groups excluding carboxylic acids is 3. The monoisotopic (exact) mass is 471 g/mol. The zero-order valence-corrected chi connectivity index (χ0v) is 19.6. The molecule has 0 aromatic heterocycles. The van der Waals surface area contributed by atoms with Crippen molar-refractivity contribution in [1.29, 1.82) is 0 Å². The summed E-state index contributed by atoms with van der Waals surface area (Å²) in [4.78, 5) is 40.6. The number of esters is 1. The lowest BCUT2D eigenvalue weighted by Gasteiger charge is -2.32. The molecule has 3 aromatic rings. The number of rotatable bonds is 6. The van der Waals surface area contributed by atoms with Crippen LogP contribution in [0.25, 0.3) is 0 Å². The van der Waals surface area contributed by atoms with Crippen molar-refractivity contribution >= 4 is 29.3 Å². The first-order valence-electron chi connectivity index (χ1n) is 11.7. The Labute approximate surface area is 205 Å². The number of para-hydroxylation sites is 1. The van der Waals surface area contributed by atoms with E-state index >= 15 is 0 Å². The summed E-state index contributed by atoms with van der Waals surface area (Å²) in [6.45, 7) is 2.75. The third-order valence-electron chi connectivity index (χ3n) is 5.96. The molecule has 1 fully saturated rings. The van der Waals surface area contributed by atoms with Crippen LogP contribution in [0.2, 0.25) is 0 Å². The Balaban J connectivity index is 1.43. The number of anilines is 2. The second-order valence-electron chi connectivity index (χ2n) is 8.66. The molecular weight excluding hydrogens is 442 g/mol. The van der Waals surface area contributed by atoms with Gasteiger partial charge in [-0.3, -0.25) is 9.59 Å². The highest BCUT2D eigenvalue weighted by Crippen LogP contribution is 2.25. The molecule has 1 aliphatic heterocycles. The van der Waals surface area contributed by atoms with Crippen molar-refractivity contribution < 1.29 is 19.1 Å².